The average Bonchev–Trinajstić information content (AvgIpc) is 2.86. The number of nitrogens with one attached hydrogen (secondary N) is 1. The number of morpholine rings is 2. The van der Waals surface area contributed by atoms with E-state index in [1.54, 1.807) is 37.3 Å². The number of amides is 3. The zero-order chi connectivity index (χ0) is 23.6. The first kappa shape index (κ1) is 25.1. The number of methoxy groups -OCH3 is 2. The third kappa shape index (κ3) is 6.96. The Bertz CT molecular complexity index is 786. The van der Waals surface area contributed by atoms with E-state index < -0.39 is 0 Å². The van der Waals surface area contributed by atoms with Crippen molar-refractivity contribution in [2.75, 3.05) is 86.4 Å². The molecule has 1 N–H and O–H groups in total. The summed E-state index contributed by atoms with van der Waals surface area (Å²) in [6.45, 7) is 8.70. The van der Waals surface area contributed by atoms with Crippen LogP contribution in [0.2, 0.25) is 0 Å². The Morgan fingerprint density at radius 2 is 1.88 bits per heavy atom. The quantitative estimate of drug-likeness (QED) is 0.581. The zero-order valence-electron chi connectivity index (χ0n) is 19.9. The van der Waals surface area contributed by atoms with Crippen LogP contribution < -0.4 is 14.8 Å². The first-order chi connectivity index (χ1) is 16.0. The fourth-order valence-electron chi connectivity index (χ4n) is 4.04. The molecule has 33 heavy (non-hydrogen) atoms. The summed E-state index contributed by atoms with van der Waals surface area (Å²) in [6.07, 6.45) is -0.255. The minimum absolute atomic E-state index is 0.100. The Morgan fingerprint density at radius 1 is 1.12 bits per heavy atom. The molecule has 0 aliphatic carbocycles. The van der Waals surface area contributed by atoms with Gasteiger partial charge in [0.15, 0.2) is 11.5 Å². The van der Waals surface area contributed by atoms with Crippen LogP contribution in [0.5, 0.6) is 11.5 Å². The minimum atomic E-state index is -0.255. The van der Waals surface area contributed by atoms with Crippen molar-refractivity contribution in [2.45, 2.75) is 13.0 Å². The van der Waals surface area contributed by atoms with Gasteiger partial charge in [-0.2, -0.15) is 0 Å². The molecule has 2 aliphatic rings. The number of hydrogen-bond donors (Lipinski definition) is 1. The standard InChI is InChI=1S/C23H36N4O6/c1-4-24-23(29)27-11-14-33-19(17-27)16-26(8-7-25-9-12-32-13-10-25)22(28)18-5-6-20(30-2)21(15-18)31-3/h5-6,15,19H,4,7-14,16-17H2,1-3H3,(H,24,29). The molecule has 2 fully saturated rings. The van der Waals surface area contributed by atoms with Crippen LogP contribution in [0.3, 0.4) is 0 Å². The van der Waals surface area contributed by atoms with Gasteiger partial charge in [0.05, 0.1) is 46.7 Å². The Balaban J connectivity index is 1.72. The van der Waals surface area contributed by atoms with E-state index in [0.29, 0.717) is 69.6 Å². The Hall–Kier alpha value is -2.56. The molecule has 1 aromatic carbocycles. The molecular formula is C23H36N4O6. The van der Waals surface area contributed by atoms with Gasteiger partial charge in [0.25, 0.3) is 5.91 Å². The third-order valence-corrected chi connectivity index (χ3v) is 5.89. The van der Waals surface area contributed by atoms with Gasteiger partial charge in [0.2, 0.25) is 0 Å². The lowest BCUT2D eigenvalue weighted by molar-refractivity contribution is -0.0296. The van der Waals surface area contributed by atoms with Crippen molar-refractivity contribution in [1.29, 1.82) is 0 Å². The van der Waals surface area contributed by atoms with E-state index in [2.05, 4.69) is 10.2 Å². The first-order valence-electron chi connectivity index (χ1n) is 11.5. The van der Waals surface area contributed by atoms with Crippen molar-refractivity contribution >= 4 is 11.9 Å². The van der Waals surface area contributed by atoms with Crippen LogP contribution in [0.25, 0.3) is 0 Å². The lowest BCUT2D eigenvalue weighted by Crippen LogP contribution is -2.53. The highest BCUT2D eigenvalue weighted by atomic mass is 16.5. The molecule has 184 valence electrons. The van der Waals surface area contributed by atoms with E-state index in [1.165, 1.54) is 0 Å². The number of nitrogens with zero attached hydrogens (tertiary/aromatic N) is 3. The monoisotopic (exact) mass is 464 g/mol. The molecule has 3 rings (SSSR count). The fourth-order valence-corrected chi connectivity index (χ4v) is 4.04. The van der Waals surface area contributed by atoms with Gasteiger partial charge >= 0.3 is 6.03 Å². The third-order valence-electron chi connectivity index (χ3n) is 5.89. The lowest BCUT2D eigenvalue weighted by atomic mass is 10.1. The number of urea groups is 1. The summed E-state index contributed by atoms with van der Waals surface area (Å²) in [7, 11) is 3.11. The van der Waals surface area contributed by atoms with Gasteiger partial charge in [-0.15, -0.1) is 0 Å². The predicted molar refractivity (Wildman–Crippen MR) is 123 cm³/mol. The van der Waals surface area contributed by atoms with E-state index in [1.807, 2.05) is 11.8 Å². The maximum atomic E-state index is 13.5. The van der Waals surface area contributed by atoms with Gasteiger partial charge in [-0.1, -0.05) is 0 Å². The molecule has 1 atom stereocenters. The molecule has 0 bridgehead atoms. The van der Waals surface area contributed by atoms with E-state index in [4.69, 9.17) is 18.9 Å². The molecule has 2 heterocycles. The summed E-state index contributed by atoms with van der Waals surface area (Å²) in [5.41, 5.74) is 0.519. The Morgan fingerprint density at radius 3 is 2.58 bits per heavy atom. The van der Waals surface area contributed by atoms with Gasteiger partial charge in [-0.25, -0.2) is 4.79 Å². The molecule has 0 aromatic heterocycles. The van der Waals surface area contributed by atoms with E-state index >= 15 is 0 Å². The molecule has 0 spiro atoms. The molecule has 3 amide bonds. The van der Waals surface area contributed by atoms with Crippen LogP contribution in [-0.2, 0) is 9.47 Å². The van der Waals surface area contributed by atoms with Crippen LogP contribution in [0, 0.1) is 0 Å². The van der Waals surface area contributed by atoms with Gasteiger partial charge in [-0.3, -0.25) is 9.69 Å². The average molecular weight is 465 g/mol. The second-order valence-corrected chi connectivity index (χ2v) is 8.05. The molecule has 0 saturated carbocycles. The maximum Gasteiger partial charge on any atom is 0.317 e. The number of carbonyl (C=O) groups excluding carboxylic acids is 2. The Kier molecular flexibility index (Phi) is 9.59. The number of benzene rings is 1. The number of carbonyl (C=O) groups is 2. The number of hydrogen-bond acceptors (Lipinski definition) is 7. The summed E-state index contributed by atoms with van der Waals surface area (Å²) < 4.78 is 22.1. The van der Waals surface area contributed by atoms with Crippen molar-refractivity contribution in [1.82, 2.24) is 20.0 Å². The fraction of sp³-hybridized carbons (Fsp3) is 0.652. The molecule has 1 unspecified atom stereocenters. The maximum absolute atomic E-state index is 13.5. The molecule has 1 aromatic rings. The highest BCUT2D eigenvalue weighted by Gasteiger charge is 2.28. The number of rotatable bonds is 9. The molecule has 10 nitrogen and oxygen atoms in total. The first-order valence-corrected chi connectivity index (χ1v) is 11.5. The summed E-state index contributed by atoms with van der Waals surface area (Å²) in [5.74, 6) is 0.970. The molecule has 0 radical (unpaired) electrons. The van der Waals surface area contributed by atoms with E-state index in [9.17, 15) is 9.59 Å². The van der Waals surface area contributed by atoms with Gasteiger partial charge in [0, 0.05) is 51.4 Å². The van der Waals surface area contributed by atoms with Crippen LogP contribution in [0.15, 0.2) is 18.2 Å². The summed E-state index contributed by atoms with van der Waals surface area (Å²) >= 11 is 0. The minimum Gasteiger partial charge on any atom is -0.493 e. The zero-order valence-corrected chi connectivity index (χ0v) is 19.9. The summed E-state index contributed by atoms with van der Waals surface area (Å²) in [5, 5.41) is 2.84. The predicted octanol–water partition coefficient (Wildman–Crippen LogP) is 0.909. The van der Waals surface area contributed by atoms with Crippen molar-refractivity contribution in [3.8, 4) is 11.5 Å². The SMILES string of the molecule is CCNC(=O)N1CCOC(CN(CCN2CCOCC2)C(=O)c2ccc(OC)c(OC)c2)C1. The van der Waals surface area contributed by atoms with Crippen LogP contribution in [0.1, 0.15) is 17.3 Å². The topological polar surface area (TPSA) is 92.8 Å². The molecular weight excluding hydrogens is 428 g/mol. The van der Waals surface area contributed by atoms with E-state index in [0.717, 1.165) is 19.6 Å². The largest absolute Gasteiger partial charge is 0.493 e. The second-order valence-electron chi connectivity index (χ2n) is 8.05. The van der Waals surface area contributed by atoms with Crippen LogP contribution in [-0.4, -0.2) is 119 Å². The van der Waals surface area contributed by atoms with Crippen LogP contribution in [0.4, 0.5) is 4.79 Å². The number of ether oxygens (including phenoxy) is 4. The summed E-state index contributed by atoms with van der Waals surface area (Å²) in [4.78, 5) is 31.6. The van der Waals surface area contributed by atoms with E-state index in [-0.39, 0.29) is 18.0 Å². The van der Waals surface area contributed by atoms with Gasteiger partial charge in [0.1, 0.15) is 0 Å². The van der Waals surface area contributed by atoms with Crippen molar-refractivity contribution in [3.05, 3.63) is 23.8 Å². The Labute approximate surface area is 195 Å². The van der Waals surface area contributed by atoms with Crippen molar-refractivity contribution in [2.24, 2.45) is 0 Å². The second kappa shape index (κ2) is 12.6. The van der Waals surface area contributed by atoms with Gasteiger partial charge in [-0.05, 0) is 25.1 Å². The van der Waals surface area contributed by atoms with Crippen LogP contribution >= 0.6 is 0 Å². The van der Waals surface area contributed by atoms with Crippen molar-refractivity contribution in [3.63, 3.8) is 0 Å². The highest BCUT2D eigenvalue weighted by Crippen LogP contribution is 2.28. The van der Waals surface area contributed by atoms with Gasteiger partial charge < -0.3 is 34.1 Å². The molecule has 2 saturated heterocycles. The normalized spacial score (nSPS) is 19.1. The smallest absolute Gasteiger partial charge is 0.317 e. The van der Waals surface area contributed by atoms with Crippen molar-refractivity contribution < 1.29 is 28.5 Å². The highest BCUT2D eigenvalue weighted by molar-refractivity contribution is 5.95. The molecule has 2 aliphatic heterocycles. The lowest BCUT2D eigenvalue weighted by Gasteiger charge is -2.36. The summed E-state index contributed by atoms with van der Waals surface area (Å²) in [6, 6.07) is 5.08. The molecule has 10 heteroatoms.